The van der Waals surface area contributed by atoms with Crippen molar-refractivity contribution in [2.45, 2.75) is 25.6 Å². The molecule has 1 aromatic carbocycles. The molecule has 2 rings (SSSR count). The molecular weight excluding hydrogens is 220 g/mol. The third-order valence-electron chi connectivity index (χ3n) is 2.72. The number of rotatable bonds is 3. The Morgan fingerprint density at radius 3 is 2.38 bits per heavy atom. The zero-order valence-electron chi connectivity index (χ0n) is 9.53. The average molecular weight is 235 g/mol. The number of alkyl halides is 1. The van der Waals surface area contributed by atoms with Crippen molar-refractivity contribution in [1.29, 1.82) is 0 Å². The van der Waals surface area contributed by atoms with Gasteiger partial charge in [-0.25, -0.2) is 0 Å². The van der Waals surface area contributed by atoms with Crippen molar-refractivity contribution in [3.8, 4) is 0 Å². The highest BCUT2D eigenvalue weighted by atomic mass is 35.5. The second-order valence-corrected chi connectivity index (χ2v) is 4.65. The molecule has 1 heterocycles. The van der Waals surface area contributed by atoms with E-state index in [4.69, 9.17) is 16.0 Å². The molecule has 84 valence electrons. The first-order valence-corrected chi connectivity index (χ1v) is 5.84. The minimum Gasteiger partial charge on any atom is -0.467 e. The van der Waals surface area contributed by atoms with E-state index in [1.807, 2.05) is 13.0 Å². The molecule has 1 unspecified atom stereocenters. The van der Waals surface area contributed by atoms with Gasteiger partial charge in [-0.3, -0.25) is 0 Å². The Balaban J connectivity index is 2.10. The van der Waals surface area contributed by atoms with Crippen LogP contribution in [0.5, 0.6) is 0 Å². The van der Waals surface area contributed by atoms with Crippen molar-refractivity contribution in [1.82, 2.24) is 0 Å². The number of aryl methyl sites for hydroxylation is 2. The van der Waals surface area contributed by atoms with Crippen LogP contribution in [-0.4, -0.2) is 0 Å². The first kappa shape index (κ1) is 11.3. The SMILES string of the molecule is Cc1ccc(CC(Cl)c2occc2C)cc1. The summed E-state index contributed by atoms with van der Waals surface area (Å²) in [5, 5.41) is -0.0855. The number of hydrogen-bond acceptors (Lipinski definition) is 1. The minimum atomic E-state index is -0.0855. The second kappa shape index (κ2) is 4.75. The zero-order chi connectivity index (χ0) is 11.5. The van der Waals surface area contributed by atoms with E-state index in [9.17, 15) is 0 Å². The summed E-state index contributed by atoms with van der Waals surface area (Å²) in [5.41, 5.74) is 3.62. The van der Waals surface area contributed by atoms with Gasteiger partial charge in [-0.1, -0.05) is 29.8 Å². The summed E-state index contributed by atoms with van der Waals surface area (Å²) in [6.45, 7) is 4.10. The predicted molar refractivity (Wildman–Crippen MR) is 66.9 cm³/mol. The third-order valence-corrected chi connectivity index (χ3v) is 3.07. The Hall–Kier alpha value is -1.21. The Kier molecular flexibility index (Phi) is 3.35. The van der Waals surface area contributed by atoms with Crippen LogP contribution in [0.2, 0.25) is 0 Å². The van der Waals surface area contributed by atoms with Gasteiger partial charge in [-0.05, 0) is 37.5 Å². The van der Waals surface area contributed by atoms with Gasteiger partial charge in [0, 0.05) is 0 Å². The van der Waals surface area contributed by atoms with Gasteiger partial charge in [0.15, 0.2) is 0 Å². The molecule has 0 radical (unpaired) electrons. The van der Waals surface area contributed by atoms with Gasteiger partial charge in [0.05, 0.1) is 11.6 Å². The molecule has 0 bridgehead atoms. The second-order valence-electron chi connectivity index (χ2n) is 4.13. The molecule has 2 aromatic rings. The fraction of sp³-hybridized carbons (Fsp3) is 0.286. The molecule has 0 aliphatic carbocycles. The highest BCUT2D eigenvalue weighted by Gasteiger charge is 2.14. The quantitative estimate of drug-likeness (QED) is 0.717. The lowest BCUT2D eigenvalue weighted by atomic mass is 10.1. The van der Waals surface area contributed by atoms with Crippen molar-refractivity contribution >= 4 is 11.6 Å². The highest BCUT2D eigenvalue weighted by Crippen LogP contribution is 2.28. The van der Waals surface area contributed by atoms with Crippen LogP contribution in [0.25, 0.3) is 0 Å². The summed E-state index contributed by atoms with van der Waals surface area (Å²) in [6.07, 6.45) is 2.49. The van der Waals surface area contributed by atoms with E-state index in [2.05, 4.69) is 31.2 Å². The first-order chi connectivity index (χ1) is 7.66. The third kappa shape index (κ3) is 2.48. The monoisotopic (exact) mass is 234 g/mol. The number of benzene rings is 1. The normalized spacial score (nSPS) is 12.7. The Morgan fingerprint density at radius 2 is 1.81 bits per heavy atom. The lowest BCUT2D eigenvalue weighted by Gasteiger charge is -2.08. The van der Waals surface area contributed by atoms with E-state index >= 15 is 0 Å². The van der Waals surface area contributed by atoms with E-state index in [1.165, 1.54) is 11.1 Å². The van der Waals surface area contributed by atoms with Gasteiger partial charge in [-0.15, -0.1) is 11.6 Å². The molecule has 0 aliphatic heterocycles. The molecular formula is C14H15ClO. The van der Waals surface area contributed by atoms with Crippen molar-refractivity contribution in [3.63, 3.8) is 0 Å². The van der Waals surface area contributed by atoms with Crippen LogP contribution >= 0.6 is 11.6 Å². The molecule has 0 amide bonds. The Bertz CT molecular complexity index is 456. The largest absolute Gasteiger partial charge is 0.467 e. The molecule has 0 saturated carbocycles. The Labute approximate surface area is 101 Å². The van der Waals surface area contributed by atoms with Crippen LogP contribution < -0.4 is 0 Å². The molecule has 1 aromatic heterocycles. The van der Waals surface area contributed by atoms with Crippen molar-refractivity contribution < 1.29 is 4.42 Å². The standard InChI is InChI=1S/C14H15ClO/c1-10-3-5-12(6-4-10)9-13(15)14-11(2)7-8-16-14/h3-8,13H,9H2,1-2H3. The Morgan fingerprint density at radius 1 is 1.12 bits per heavy atom. The molecule has 1 nitrogen and oxygen atoms in total. The van der Waals surface area contributed by atoms with Crippen LogP contribution in [0, 0.1) is 13.8 Å². The molecule has 2 heteroatoms. The average Bonchev–Trinajstić information content (AvgIpc) is 2.68. The summed E-state index contributed by atoms with van der Waals surface area (Å²) < 4.78 is 5.39. The number of hydrogen-bond donors (Lipinski definition) is 0. The van der Waals surface area contributed by atoms with Gasteiger partial charge in [0.2, 0.25) is 0 Å². The van der Waals surface area contributed by atoms with Crippen LogP contribution in [0.3, 0.4) is 0 Å². The maximum absolute atomic E-state index is 6.33. The minimum absolute atomic E-state index is 0.0855. The predicted octanol–water partition coefficient (Wildman–Crippen LogP) is 4.42. The molecule has 0 N–H and O–H groups in total. The zero-order valence-corrected chi connectivity index (χ0v) is 10.3. The summed E-state index contributed by atoms with van der Waals surface area (Å²) in [7, 11) is 0. The van der Waals surface area contributed by atoms with Crippen LogP contribution in [0.15, 0.2) is 41.0 Å². The fourth-order valence-electron chi connectivity index (χ4n) is 1.73. The van der Waals surface area contributed by atoms with E-state index in [0.717, 1.165) is 17.7 Å². The summed E-state index contributed by atoms with van der Waals surface area (Å²) >= 11 is 6.33. The van der Waals surface area contributed by atoms with E-state index in [-0.39, 0.29) is 5.38 Å². The highest BCUT2D eigenvalue weighted by molar-refractivity contribution is 6.20. The molecule has 16 heavy (non-hydrogen) atoms. The number of halogens is 1. The van der Waals surface area contributed by atoms with Crippen molar-refractivity contribution in [3.05, 3.63) is 59.0 Å². The summed E-state index contributed by atoms with van der Waals surface area (Å²) in [5.74, 6) is 0.877. The molecule has 0 saturated heterocycles. The van der Waals surface area contributed by atoms with Crippen LogP contribution in [0.1, 0.15) is 27.8 Å². The van der Waals surface area contributed by atoms with Gasteiger partial charge in [0.1, 0.15) is 5.76 Å². The van der Waals surface area contributed by atoms with E-state index < -0.39 is 0 Å². The lowest BCUT2D eigenvalue weighted by molar-refractivity contribution is 0.499. The summed E-state index contributed by atoms with van der Waals surface area (Å²) in [4.78, 5) is 0. The molecule has 0 fully saturated rings. The maximum atomic E-state index is 6.33. The summed E-state index contributed by atoms with van der Waals surface area (Å²) in [6, 6.07) is 10.4. The van der Waals surface area contributed by atoms with Gasteiger partial charge >= 0.3 is 0 Å². The molecule has 1 atom stereocenters. The number of furan rings is 1. The van der Waals surface area contributed by atoms with Crippen molar-refractivity contribution in [2.24, 2.45) is 0 Å². The van der Waals surface area contributed by atoms with Crippen LogP contribution in [0.4, 0.5) is 0 Å². The van der Waals surface area contributed by atoms with E-state index in [0.29, 0.717) is 0 Å². The van der Waals surface area contributed by atoms with Gasteiger partial charge in [-0.2, -0.15) is 0 Å². The van der Waals surface area contributed by atoms with Gasteiger partial charge < -0.3 is 4.42 Å². The topological polar surface area (TPSA) is 13.1 Å². The smallest absolute Gasteiger partial charge is 0.124 e. The van der Waals surface area contributed by atoms with E-state index in [1.54, 1.807) is 6.26 Å². The molecule has 0 spiro atoms. The van der Waals surface area contributed by atoms with Crippen LogP contribution in [-0.2, 0) is 6.42 Å². The maximum Gasteiger partial charge on any atom is 0.124 e. The lowest BCUT2D eigenvalue weighted by Crippen LogP contribution is -1.96. The fourth-order valence-corrected chi connectivity index (χ4v) is 2.13. The first-order valence-electron chi connectivity index (χ1n) is 5.40. The van der Waals surface area contributed by atoms with Crippen molar-refractivity contribution in [2.75, 3.05) is 0 Å². The molecule has 0 aliphatic rings. The van der Waals surface area contributed by atoms with Gasteiger partial charge in [0.25, 0.3) is 0 Å².